The monoisotopic (exact) mass is 149 g/mol. The fraction of sp³-hybridized carbons (Fsp3) is 1.00. The van der Waals surface area contributed by atoms with E-state index in [2.05, 4.69) is 0 Å². The zero-order chi connectivity index (χ0) is 7.61. The van der Waals surface area contributed by atoms with Crippen molar-refractivity contribution in [2.24, 2.45) is 11.7 Å². The molecule has 0 aromatic carbocycles. The zero-order valence-electron chi connectivity index (χ0n) is 5.95. The van der Waals surface area contributed by atoms with Gasteiger partial charge >= 0.3 is 0 Å². The van der Waals surface area contributed by atoms with Crippen LogP contribution in [0, 0.1) is 5.92 Å². The maximum atomic E-state index is 12.2. The van der Waals surface area contributed by atoms with Crippen molar-refractivity contribution in [2.45, 2.75) is 31.6 Å². The SMILES string of the molecule is NCCCC1CC(F)(F)C1. The smallest absolute Gasteiger partial charge is 0.248 e. The molecule has 0 unspecified atom stereocenters. The molecule has 3 heteroatoms. The minimum atomic E-state index is -2.35. The van der Waals surface area contributed by atoms with Crippen LogP contribution in [0.3, 0.4) is 0 Å². The van der Waals surface area contributed by atoms with Crippen molar-refractivity contribution in [3.63, 3.8) is 0 Å². The molecule has 0 aromatic rings. The van der Waals surface area contributed by atoms with Crippen molar-refractivity contribution in [1.82, 2.24) is 0 Å². The summed E-state index contributed by atoms with van der Waals surface area (Å²) < 4.78 is 24.4. The third-order valence-corrected chi connectivity index (χ3v) is 1.99. The lowest BCUT2D eigenvalue weighted by Crippen LogP contribution is -2.35. The van der Waals surface area contributed by atoms with Crippen molar-refractivity contribution in [2.75, 3.05) is 6.54 Å². The number of hydrogen-bond donors (Lipinski definition) is 1. The molecule has 0 bridgehead atoms. The van der Waals surface area contributed by atoms with Gasteiger partial charge in [0.05, 0.1) is 0 Å². The Labute approximate surface area is 59.6 Å². The molecule has 1 saturated carbocycles. The number of rotatable bonds is 3. The molecule has 0 radical (unpaired) electrons. The predicted octanol–water partition coefficient (Wildman–Crippen LogP) is 1.77. The number of halogens is 2. The highest BCUT2D eigenvalue weighted by Gasteiger charge is 2.44. The Hall–Kier alpha value is -0.180. The average molecular weight is 149 g/mol. The highest BCUT2D eigenvalue weighted by atomic mass is 19.3. The first-order chi connectivity index (χ1) is 4.64. The third-order valence-electron chi connectivity index (χ3n) is 1.99. The molecule has 0 saturated heterocycles. The number of alkyl halides is 2. The van der Waals surface area contributed by atoms with Gasteiger partial charge in [0.25, 0.3) is 0 Å². The van der Waals surface area contributed by atoms with Gasteiger partial charge < -0.3 is 5.73 Å². The zero-order valence-corrected chi connectivity index (χ0v) is 5.95. The van der Waals surface area contributed by atoms with E-state index in [1.807, 2.05) is 0 Å². The molecule has 0 aromatic heterocycles. The number of hydrogen-bond acceptors (Lipinski definition) is 1. The van der Waals surface area contributed by atoms with Crippen LogP contribution in [0.25, 0.3) is 0 Å². The summed E-state index contributed by atoms with van der Waals surface area (Å²) >= 11 is 0. The normalized spacial score (nSPS) is 24.3. The summed E-state index contributed by atoms with van der Waals surface area (Å²) in [5, 5.41) is 0. The Kier molecular flexibility index (Phi) is 2.24. The van der Waals surface area contributed by atoms with Gasteiger partial charge in [0.15, 0.2) is 0 Å². The van der Waals surface area contributed by atoms with E-state index in [9.17, 15) is 8.78 Å². The highest BCUT2D eigenvalue weighted by Crippen LogP contribution is 2.44. The van der Waals surface area contributed by atoms with Crippen molar-refractivity contribution in [1.29, 1.82) is 0 Å². The maximum Gasteiger partial charge on any atom is 0.248 e. The Morgan fingerprint density at radius 2 is 2.00 bits per heavy atom. The summed E-state index contributed by atoms with van der Waals surface area (Å²) in [5.41, 5.74) is 5.24. The van der Waals surface area contributed by atoms with Crippen LogP contribution in [0.4, 0.5) is 8.78 Å². The van der Waals surface area contributed by atoms with Crippen LogP contribution in [-0.2, 0) is 0 Å². The van der Waals surface area contributed by atoms with Crippen LogP contribution in [0.5, 0.6) is 0 Å². The van der Waals surface area contributed by atoms with Crippen LogP contribution in [-0.4, -0.2) is 12.5 Å². The van der Waals surface area contributed by atoms with Gasteiger partial charge in [-0.25, -0.2) is 8.78 Å². The predicted molar refractivity (Wildman–Crippen MR) is 36.0 cm³/mol. The standard InChI is InChI=1S/C7H13F2N/c8-7(9)4-6(5-7)2-1-3-10/h6H,1-5,10H2. The molecule has 1 nitrogen and oxygen atoms in total. The maximum absolute atomic E-state index is 12.2. The van der Waals surface area contributed by atoms with Gasteiger partial charge in [-0.3, -0.25) is 0 Å². The summed E-state index contributed by atoms with van der Waals surface area (Å²) in [4.78, 5) is 0. The summed E-state index contributed by atoms with van der Waals surface area (Å²) in [6.45, 7) is 0.627. The Bertz CT molecular complexity index is 106. The van der Waals surface area contributed by atoms with Gasteiger partial charge in [-0.15, -0.1) is 0 Å². The van der Waals surface area contributed by atoms with Crippen LogP contribution in [0.2, 0.25) is 0 Å². The lowest BCUT2D eigenvalue weighted by Gasteiger charge is -2.34. The third kappa shape index (κ3) is 1.90. The van der Waals surface area contributed by atoms with E-state index in [1.54, 1.807) is 0 Å². The molecule has 0 aliphatic heterocycles. The van der Waals surface area contributed by atoms with Gasteiger partial charge in [0, 0.05) is 12.8 Å². The Morgan fingerprint density at radius 3 is 2.40 bits per heavy atom. The lowest BCUT2D eigenvalue weighted by atomic mass is 9.78. The van der Waals surface area contributed by atoms with E-state index in [0.717, 1.165) is 12.8 Å². The van der Waals surface area contributed by atoms with Crippen molar-refractivity contribution in [3.05, 3.63) is 0 Å². The highest BCUT2D eigenvalue weighted by molar-refractivity contribution is 4.85. The topological polar surface area (TPSA) is 26.0 Å². The molecule has 10 heavy (non-hydrogen) atoms. The fourth-order valence-corrected chi connectivity index (χ4v) is 1.40. The lowest BCUT2D eigenvalue weighted by molar-refractivity contribution is -0.112. The second-order valence-corrected chi connectivity index (χ2v) is 3.06. The molecular weight excluding hydrogens is 136 g/mol. The molecule has 0 heterocycles. The molecule has 2 N–H and O–H groups in total. The second kappa shape index (κ2) is 2.82. The van der Waals surface area contributed by atoms with E-state index in [1.165, 1.54) is 0 Å². The second-order valence-electron chi connectivity index (χ2n) is 3.06. The summed E-state index contributed by atoms with van der Waals surface area (Å²) in [5.74, 6) is -2.10. The van der Waals surface area contributed by atoms with E-state index in [4.69, 9.17) is 5.73 Å². The molecule has 1 rings (SSSR count). The van der Waals surface area contributed by atoms with Crippen LogP contribution in [0.1, 0.15) is 25.7 Å². The Balaban J connectivity index is 2.03. The summed E-state index contributed by atoms with van der Waals surface area (Å²) in [6.07, 6.45) is 1.95. The van der Waals surface area contributed by atoms with Gasteiger partial charge in [-0.2, -0.15) is 0 Å². The van der Waals surface area contributed by atoms with E-state index in [-0.39, 0.29) is 18.8 Å². The molecule has 1 fully saturated rings. The first-order valence-corrected chi connectivity index (χ1v) is 3.72. The van der Waals surface area contributed by atoms with Gasteiger partial charge in [0.1, 0.15) is 0 Å². The van der Waals surface area contributed by atoms with Crippen molar-refractivity contribution < 1.29 is 8.78 Å². The summed E-state index contributed by atoms with van der Waals surface area (Å²) in [7, 11) is 0. The summed E-state index contributed by atoms with van der Waals surface area (Å²) in [6, 6.07) is 0. The van der Waals surface area contributed by atoms with Gasteiger partial charge in [-0.05, 0) is 25.3 Å². The van der Waals surface area contributed by atoms with Crippen LogP contribution < -0.4 is 5.73 Å². The molecular formula is C7H13F2N. The van der Waals surface area contributed by atoms with Crippen LogP contribution >= 0.6 is 0 Å². The molecule has 0 spiro atoms. The molecule has 0 amide bonds. The molecule has 1 aliphatic rings. The molecule has 1 aliphatic carbocycles. The Morgan fingerprint density at radius 1 is 1.40 bits per heavy atom. The van der Waals surface area contributed by atoms with E-state index < -0.39 is 5.92 Å². The largest absolute Gasteiger partial charge is 0.330 e. The molecule has 60 valence electrons. The first-order valence-electron chi connectivity index (χ1n) is 3.72. The van der Waals surface area contributed by atoms with Gasteiger partial charge in [-0.1, -0.05) is 0 Å². The quantitative estimate of drug-likeness (QED) is 0.650. The van der Waals surface area contributed by atoms with Crippen LogP contribution in [0.15, 0.2) is 0 Å². The minimum Gasteiger partial charge on any atom is -0.330 e. The van der Waals surface area contributed by atoms with Crippen molar-refractivity contribution in [3.8, 4) is 0 Å². The molecule has 0 atom stereocenters. The number of nitrogens with two attached hydrogens (primary N) is 1. The average Bonchev–Trinajstić information content (AvgIpc) is 1.78. The fourth-order valence-electron chi connectivity index (χ4n) is 1.40. The minimum absolute atomic E-state index is 0.0903. The first kappa shape index (κ1) is 7.92. The van der Waals surface area contributed by atoms with E-state index in [0.29, 0.717) is 6.54 Å². The van der Waals surface area contributed by atoms with E-state index >= 15 is 0 Å². The van der Waals surface area contributed by atoms with Gasteiger partial charge in [0.2, 0.25) is 5.92 Å². The van der Waals surface area contributed by atoms with Crippen molar-refractivity contribution >= 4 is 0 Å².